The van der Waals surface area contributed by atoms with Crippen molar-refractivity contribution in [3.8, 4) is 0 Å². The van der Waals surface area contributed by atoms with Crippen molar-refractivity contribution < 1.29 is 17.6 Å². The number of benzene rings is 1. The van der Waals surface area contributed by atoms with Gasteiger partial charge in [0.2, 0.25) is 0 Å². The summed E-state index contributed by atoms with van der Waals surface area (Å²) in [6, 6.07) is 4.79. The molecule has 0 saturated heterocycles. The van der Waals surface area contributed by atoms with E-state index < -0.39 is 17.6 Å². The Morgan fingerprint density at radius 2 is 1.80 bits per heavy atom. The summed E-state index contributed by atoms with van der Waals surface area (Å²) in [5, 5.41) is 2.58. The van der Waals surface area contributed by atoms with Gasteiger partial charge in [0.15, 0.2) is 17.5 Å². The van der Waals surface area contributed by atoms with Crippen LogP contribution in [-0.2, 0) is 6.42 Å². The second kappa shape index (κ2) is 5.90. The number of anilines is 1. The summed E-state index contributed by atoms with van der Waals surface area (Å²) >= 11 is 0. The normalized spacial score (nSPS) is 10.7. The molecule has 1 aromatic heterocycles. The maximum Gasteiger partial charge on any atom is 0.251 e. The van der Waals surface area contributed by atoms with Crippen LogP contribution in [0.25, 0.3) is 0 Å². The molecular weight excluding hydrogens is 272 g/mol. The summed E-state index contributed by atoms with van der Waals surface area (Å²) in [4.78, 5) is 3.15. The maximum atomic E-state index is 13.3. The molecule has 0 fully saturated rings. The van der Waals surface area contributed by atoms with Crippen molar-refractivity contribution in [2.45, 2.75) is 13.3 Å². The number of nitrogens with one attached hydrogen (secondary N) is 1. The molecule has 2 rings (SSSR count). The van der Waals surface area contributed by atoms with Crippen LogP contribution in [0.2, 0.25) is 0 Å². The van der Waals surface area contributed by atoms with Crippen LogP contribution in [0.3, 0.4) is 0 Å². The van der Waals surface area contributed by atoms with Crippen LogP contribution in [0.15, 0.2) is 24.3 Å². The Balaban J connectivity index is 2.01. The molecule has 0 aliphatic rings. The standard InChI is InChI=1S/C14H12F4N2/c1-8-6-10(15)3-2-9(8)4-5-19-14-12(17)7-11(16)13(18)20-14/h2-3,6-7H,4-5H2,1H3,(H,19,20). The second-order valence-electron chi connectivity index (χ2n) is 4.34. The molecule has 6 heteroatoms. The van der Waals surface area contributed by atoms with E-state index in [1.165, 1.54) is 12.1 Å². The highest BCUT2D eigenvalue weighted by Crippen LogP contribution is 2.15. The van der Waals surface area contributed by atoms with Crippen molar-refractivity contribution in [1.29, 1.82) is 0 Å². The van der Waals surface area contributed by atoms with Gasteiger partial charge in [-0.25, -0.2) is 13.2 Å². The summed E-state index contributed by atoms with van der Waals surface area (Å²) in [5.41, 5.74) is 1.65. The van der Waals surface area contributed by atoms with Gasteiger partial charge in [0.25, 0.3) is 5.95 Å². The van der Waals surface area contributed by atoms with Crippen molar-refractivity contribution in [1.82, 2.24) is 4.98 Å². The van der Waals surface area contributed by atoms with Gasteiger partial charge in [-0.2, -0.15) is 9.37 Å². The molecule has 0 radical (unpaired) electrons. The number of hydrogen-bond acceptors (Lipinski definition) is 2. The molecular formula is C14H12F4N2. The molecule has 1 heterocycles. The van der Waals surface area contributed by atoms with Gasteiger partial charge in [-0.15, -0.1) is 0 Å². The predicted molar refractivity (Wildman–Crippen MR) is 67.4 cm³/mol. The maximum absolute atomic E-state index is 13.3. The van der Waals surface area contributed by atoms with Crippen LogP contribution < -0.4 is 5.32 Å². The summed E-state index contributed by atoms with van der Waals surface area (Å²) < 4.78 is 51.8. The lowest BCUT2D eigenvalue weighted by molar-refractivity contribution is 0.466. The number of rotatable bonds is 4. The molecule has 0 aliphatic carbocycles. The third kappa shape index (κ3) is 3.26. The Bertz CT molecular complexity index is 629. The largest absolute Gasteiger partial charge is 0.367 e. The first-order valence-corrected chi connectivity index (χ1v) is 5.98. The zero-order valence-corrected chi connectivity index (χ0v) is 10.7. The van der Waals surface area contributed by atoms with E-state index >= 15 is 0 Å². The molecule has 1 N–H and O–H groups in total. The summed E-state index contributed by atoms with van der Waals surface area (Å²) in [7, 11) is 0. The topological polar surface area (TPSA) is 24.9 Å². The highest BCUT2D eigenvalue weighted by molar-refractivity contribution is 5.37. The van der Waals surface area contributed by atoms with E-state index in [2.05, 4.69) is 10.3 Å². The van der Waals surface area contributed by atoms with Gasteiger partial charge in [0.1, 0.15) is 5.82 Å². The lowest BCUT2D eigenvalue weighted by atomic mass is 10.1. The highest BCUT2D eigenvalue weighted by Gasteiger charge is 2.11. The molecule has 2 nitrogen and oxygen atoms in total. The molecule has 0 saturated carbocycles. The van der Waals surface area contributed by atoms with E-state index in [0.717, 1.165) is 11.1 Å². The fraction of sp³-hybridized carbons (Fsp3) is 0.214. The molecule has 1 aromatic carbocycles. The van der Waals surface area contributed by atoms with Crippen LogP contribution in [0, 0.1) is 30.3 Å². The lowest BCUT2D eigenvalue weighted by Gasteiger charge is -2.09. The molecule has 0 bridgehead atoms. The van der Waals surface area contributed by atoms with Crippen molar-refractivity contribution in [2.75, 3.05) is 11.9 Å². The van der Waals surface area contributed by atoms with Gasteiger partial charge in [-0.3, -0.25) is 0 Å². The minimum atomic E-state index is -1.35. The Hall–Kier alpha value is -2.11. The van der Waals surface area contributed by atoms with Gasteiger partial charge in [0.05, 0.1) is 0 Å². The van der Waals surface area contributed by atoms with E-state index in [4.69, 9.17) is 0 Å². The van der Waals surface area contributed by atoms with Crippen molar-refractivity contribution in [3.05, 3.63) is 58.8 Å². The number of aromatic nitrogens is 1. The van der Waals surface area contributed by atoms with E-state index in [1.807, 2.05) is 0 Å². The van der Waals surface area contributed by atoms with Crippen molar-refractivity contribution in [2.24, 2.45) is 0 Å². The molecule has 0 unspecified atom stereocenters. The SMILES string of the molecule is Cc1cc(F)ccc1CCNc1nc(F)c(F)cc1F. The van der Waals surface area contributed by atoms with Gasteiger partial charge in [0, 0.05) is 12.6 Å². The van der Waals surface area contributed by atoms with E-state index in [-0.39, 0.29) is 18.2 Å². The molecule has 0 spiro atoms. The fourth-order valence-electron chi connectivity index (χ4n) is 1.82. The Kier molecular flexibility index (Phi) is 4.22. The predicted octanol–water partition coefficient (Wildman–Crippen LogP) is 3.60. The van der Waals surface area contributed by atoms with Crippen molar-refractivity contribution in [3.63, 3.8) is 0 Å². The Labute approximate surface area is 113 Å². The first kappa shape index (κ1) is 14.3. The van der Waals surface area contributed by atoms with Gasteiger partial charge >= 0.3 is 0 Å². The van der Waals surface area contributed by atoms with Gasteiger partial charge < -0.3 is 5.32 Å². The smallest absolute Gasteiger partial charge is 0.251 e. The van der Waals surface area contributed by atoms with Crippen molar-refractivity contribution >= 4 is 5.82 Å². The molecule has 0 atom stereocenters. The van der Waals surface area contributed by atoms with E-state index in [1.54, 1.807) is 13.0 Å². The number of aryl methyl sites for hydroxylation is 1. The molecule has 0 amide bonds. The Morgan fingerprint density at radius 1 is 1.05 bits per heavy atom. The van der Waals surface area contributed by atoms with Crippen LogP contribution >= 0.6 is 0 Å². The number of pyridine rings is 1. The average Bonchev–Trinajstić information content (AvgIpc) is 2.38. The first-order chi connectivity index (χ1) is 9.47. The lowest BCUT2D eigenvalue weighted by Crippen LogP contribution is -2.10. The van der Waals surface area contributed by atoms with Crippen LogP contribution in [0.1, 0.15) is 11.1 Å². The summed E-state index contributed by atoms with van der Waals surface area (Å²) in [6.07, 6.45) is 0.478. The zero-order valence-electron chi connectivity index (χ0n) is 10.7. The molecule has 20 heavy (non-hydrogen) atoms. The van der Waals surface area contributed by atoms with E-state index in [0.29, 0.717) is 12.5 Å². The monoisotopic (exact) mass is 284 g/mol. The first-order valence-electron chi connectivity index (χ1n) is 5.98. The summed E-state index contributed by atoms with van der Waals surface area (Å²) in [5.74, 6) is -4.31. The second-order valence-corrected chi connectivity index (χ2v) is 4.34. The fourth-order valence-corrected chi connectivity index (χ4v) is 1.82. The zero-order chi connectivity index (χ0) is 14.7. The molecule has 106 valence electrons. The number of hydrogen-bond donors (Lipinski definition) is 1. The quantitative estimate of drug-likeness (QED) is 0.685. The minimum absolute atomic E-state index is 0.265. The minimum Gasteiger partial charge on any atom is -0.367 e. The Morgan fingerprint density at radius 3 is 2.50 bits per heavy atom. The van der Waals surface area contributed by atoms with E-state index in [9.17, 15) is 17.6 Å². The van der Waals surface area contributed by atoms with Crippen LogP contribution in [0.4, 0.5) is 23.4 Å². The third-order valence-corrected chi connectivity index (χ3v) is 2.88. The third-order valence-electron chi connectivity index (χ3n) is 2.88. The number of halogens is 4. The van der Waals surface area contributed by atoms with Gasteiger partial charge in [-0.1, -0.05) is 6.07 Å². The molecule has 2 aromatic rings. The average molecular weight is 284 g/mol. The summed E-state index contributed by atoms with van der Waals surface area (Å²) in [6.45, 7) is 2.02. The van der Waals surface area contributed by atoms with Gasteiger partial charge in [-0.05, 0) is 36.6 Å². The molecule has 0 aliphatic heterocycles. The highest BCUT2D eigenvalue weighted by atomic mass is 19.2. The van der Waals surface area contributed by atoms with Crippen LogP contribution in [-0.4, -0.2) is 11.5 Å². The number of nitrogens with zero attached hydrogens (tertiary/aromatic N) is 1. The van der Waals surface area contributed by atoms with Crippen LogP contribution in [0.5, 0.6) is 0 Å².